The fourth-order valence-electron chi connectivity index (χ4n) is 2.14. The van der Waals surface area contributed by atoms with Gasteiger partial charge in [-0.15, -0.1) is 11.8 Å². The van der Waals surface area contributed by atoms with Crippen LogP contribution in [0.1, 0.15) is 20.7 Å². The summed E-state index contributed by atoms with van der Waals surface area (Å²) in [5, 5.41) is 3.04. The number of carbonyl (C=O) groups is 2. The lowest BCUT2D eigenvalue weighted by Gasteiger charge is -2.17. The number of Topliss-reactive ketones (excluding diaryl/α,β-unsaturated/α-hetero) is 2. The number of hydrogen-bond acceptors (Lipinski definition) is 4. The average molecular weight is 219 g/mol. The first-order chi connectivity index (χ1) is 7.26. The summed E-state index contributed by atoms with van der Waals surface area (Å²) < 4.78 is 0. The lowest BCUT2D eigenvalue weighted by Crippen LogP contribution is -2.47. The second kappa shape index (κ2) is 2.93. The number of hydrogen-bond donors (Lipinski definition) is 1. The number of fused-ring (bicyclic) bond motifs is 1. The van der Waals surface area contributed by atoms with E-state index in [1.54, 1.807) is 24.3 Å². The third-order valence-electron chi connectivity index (χ3n) is 2.85. The van der Waals surface area contributed by atoms with Crippen molar-refractivity contribution in [1.82, 2.24) is 5.32 Å². The lowest BCUT2D eigenvalue weighted by molar-refractivity contribution is 0.0850. The van der Waals surface area contributed by atoms with E-state index < -0.39 is 4.87 Å². The van der Waals surface area contributed by atoms with E-state index in [4.69, 9.17) is 0 Å². The highest BCUT2D eigenvalue weighted by Gasteiger charge is 2.55. The van der Waals surface area contributed by atoms with Gasteiger partial charge in [-0.25, -0.2) is 0 Å². The largest absolute Gasteiger partial charge is 0.291 e. The molecule has 4 heteroatoms. The zero-order valence-electron chi connectivity index (χ0n) is 7.95. The van der Waals surface area contributed by atoms with Gasteiger partial charge in [0, 0.05) is 23.4 Å². The highest BCUT2D eigenvalue weighted by Crippen LogP contribution is 2.40. The van der Waals surface area contributed by atoms with Crippen molar-refractivity contribution < 1.29 is 9.59 Å². The molecule has 0 aromatic heterocycles. The molecule has 3 nitrogen and oxygen atoms in total. The topological polar surface area (TPSA) is 46.2 Å². The van der Waals surface area contributed by atoms with Gasteiger partial charge in [-0.05, 0) is 0 Å². The number of ketones is 2. The Kier molecular flexibility index (Phi) is 1.78. The van der Waals surface area contributed by atoms with E-state index in [1.807, 2.05) is 0 Å². The molecule has 3 rings (SSSR count). The van der Waals surface area contributed by atoms with Crippen molar-refractivity contribution in [2.75, 3.05) is 12.3 Å². The normalized spacial score (nSPS) is 22.4. The smallest absolute Gasteiger partial charge is 0.201 e. The van der Waals surface area contributed by atoms with Gasteiger partial charge in [0.05, 0.1) is 0 Å². The molecule has 2 aliphatic rings. The van der Waals surface area contributed by atoms with Crippen molar-refractivity contribution in [2.24, 2.45) is 0 Å². The van der Waals surface area contributed by atoms with Gasteiger partial charge in [0.25, 0.3) is 0 Å². The summed E-state index contributed by atoms with van der Waals surface area (Å²) in [6.07, 6.45) is 0. The van der Waals surface area contributed by atoms with Crippen LogP contribution in [0.15, 0.2) is 24.3 Å². The number of rotatable bonds is 0. The zero-order valence-corrected chi connectivity index (χ0v) is 8.76. The van der Waals surface area contributed by atoms with Crippen LogP contribution in [0.2, 0.25) is 0 Å². The number of nitrogens with one attached hydrogen (secondary N) is 1. The van der Waals surface area contributed by atoms with E-state index in [9.17, 15) is 9.59 Å². The minimum atomic E-state index is -0.996. The minimum absolute atomic E-state index is 0.0781. The van der Waals surface area contributed by atoms with Gasteiger partial charge in [-0.2, -0.15) is 0 Å². The van der Waals surface area contributed by atoms with Crippen LogP contribution in [0.3, 0.4) is 0 Å². The van der Waals surface area contributed by atoms with Crippen LogP contribution in [0, 0.1) is 0 Å². The lowest BCUT2D eigenvalue weighted by atomic mass is 10.1. The molecule has 0 atom stereocenters. The molecule has 1 fully saturated rings. The van der Waals surface area contributed by atoms with Crippen molar-refractivity contribution in [3.05, 3.63) is 35.4 Å². The Morgan fingerprint density at radius 2 is 1.73 bits per heavy atom. The van der Waals surface area contributed by atoms with Crippen LogP contribution in [0.4, 0.5) is 0 Å². The molecule has 1 aromatic carbocycles. The van der Waals surface area contributed by atoms with E-state index in [0.29, 0.717) is 11.1 Å². The molecule has 0 bridgehead atoms. The van der Waals surface area contributed by atoms with Crippen LogP contribution in [0.25, 0.3) is 0 Å². The Hall–Kier alpha value is -1.13. The van der Waals surface area contributed by atoms with E-state index >= 15 is 0 Å². The Balaban J connectivity index is 2.20. The minimum Gasteiger partial charge on any atom is -0.291 e. The maximum Gasteiger partial charge on any atom is 0.201 e. The number of carbonyl (C=O) groups excluding carboxylic acids is 2. The van der Waals surface area contributed by atoms with Crippen molar-refractivity contribution in [3.63, 3.8) is 0 Å². The van der Waals surface area contributed by atoms with Crippen LogP contribution in [-0.2, 0) is 0 Å². The van der Waals surface area contributed by atoms with Gasteiger partial charge in [0.1, 0.15) is 0 Å². The fraction of sp³-hybridized carbons (Fsp3) is 0.273. The predicted molar refractivity (Wildman–Crippen MR) is 58.3 cm³/mol. The quantitative estimate of drug-likeness (QED) is 0.664. The Morgan fingerprint density at radius 1 is 1.13 bits per heavy atom. The summed E-state index contributed by atoms with van der Waals surface area (Å²) in [6, 6.07) is 7.04. The third-order valence-corrected chi connectivity index (χ3v) is 4.21. The Morgan fingerprint density at radius 3 is 2.20 bits per heavy atom. The van der Waals surface area contributed by atoms with Crippen molar-refractivity contribution in [3.8, 4) is 0 Å². The Bertz CT molecular complexity index is 426. The van der Waals surface area contributed by atoms with Crippen LogP contribution < -0.4 is 5.32 Å². The first-order valence-corrected chi connectivity index (χ1v) is 5.82. The van der Waals surface area contributed by atoms with Gasteiger partial charge in [-0.3, -0.25) is 14.9 Å². The van der Waals surface area contributed by atoms with Gasteiger partial charge in [0.2, 0.25) is 11.6 Å². The first kappa shape index (κ1) is 9.12. The standard InChI is InChI=1S/C11H9NO2S/c13-9-7-3-1-2-4-8(7)10(14)11(9)12-5-6-15-11/h1-4,12H,5-6H2. The fourth-order valence-corrected chi connectivity index (χ4v) is 3.33. The highest BCUT2D eigenvalue weighted by atomic mass is 32.2. The Labute approximate surface area is 91.2 Å². The second-order valence-corrected chi connectivity index (χ2v) is 4.97. The molecule has 1 aromatic rings. The number of benzene rings is 1. The second-order valence-electron chi connectivity index (χ2n) is 3.66. The summed E-state index contributed by atoms with van der Waals surface area (Å²) in [5.41, 5.74) is 1.12. The average Bonchev–Trinajstić information content (AvgIpc) is 2.83. The monoisotopic (exact) mass is 219 g/mol. The molecule has 1 aliphatic heterocycles. The summed E-state index contributed by atoms with van der Waals surface area (Å²) in [5.74, 6) is 0.655. The third kappa shape index (κ3) is 1.01. The van der Waals surface area contributed by atoms with Crippen LogP contribution in [-0.4, -0.2) is 28.7 Å². The number of thioether (sulfide) groups is 1. The van der Waals surface area contributed by atoms with Gasteiger partial charge in [0.15, 0.2) is 4.87 Å². The predicted octanol–water partition coefficient (Wildman–Crippen LogP) is 1.10. The SMILES string of the molecule is O=C1c2ccccc2C(=O)C12NCCS2. The summed E-state index contributed by atoms with van der Waals surface area (Å²) in [7, 11) is 0. The van der Waals surface area contributed by atoms with Crippen molar-refractivity contribution in [2.45, 2.75) is 4.87 Å². The van der Waals surface area contributed by atoms with E-state index in [2.05, 4.69) is 5.32 Å². The van der Waals surface area contributed by atoms with Crippen LogP contribution >= 0.6 is 11.8 Å². The van der Waals surface area contributed by atoms with E-state index in [0.717, 1.165) is 12.3 Å². The van der Waals surface area contributed by atoms with E-state index in [-0.39, 0.29) is 11.6 Å². The summed E-state index contributed by atoms with van der Waals surface area (Å²) in [6.45, 7) is 0.718. The zero-order chi connectivity index (χ0) is 10.5. The maximum atomic E-state index is 12.1. The molecule has 15 heavy (non-hydrogen) atoms. The highest BCUT2D eigenvalue weighted by molar-refractivity contribution is 8.02. The van der Waals surface area contributed by atoms with Crippen molar-refractivity contribution in [1.29, 1.82) is 0 Å². The van der Waals surface area contributed by atoms with Crippen molar-refractivity contribution >= 4 is 23.3 Å². The molecule has 0 unspecified atom stereocenters. The molecule has 1 saturated heterocycles. The molecule has 76 valence electrons. The van der Waals surface area contributed by atoms with Gasteiger partial charge in [-0.1, -0.05) is 24.3 Å². The molecular formula is C11H9NO2S. The summed E-state index contributed by atoms with van der Waals surface area (Å²) in [4.78, 5) is 23.3. The molecule has 1 spiro atoms. The molecule has 0 saturated carbocycles. The molecule has 1 aliphatic carbocycles. The molecule has 0 radical (unpaired) electrons. The molecule has 0 amide bonds. The molecular weight excluding hydrogens is 210 g/mol. The first-order valence-electron chi connectivity index (χ1n) is 4.83. The van der Waals surface area contributed by atoms with Gasteiger partial charge >= 0.3 is 0 Å². The van der Waals surface area contributed by atoms with Gasteiger partial charge < -0.3 is 0 Å². The molecule has 1 heterocycles. The maximum absolute atomic E-state index is 12.1. The summed E-state index contributed by atoms with van der Waals surface area (Å²) >= 11 is 1.41. The van der Waals surface area contributed by atoms with Crippen LogP contribution in [0.5, 0.6) is 0 Å². The molecule has 1 N–H and O–H groups in total. The van der Waals surface area contributed by atoms with E-state index in [1.165, 1.54) is 11.8 Å².